The average Bonchev–Trinajstić information content (AvgIpc) is 2.85. The molecule has 0 bridgehead atoms. The van der Waals surface area contributed by atoms with Crippen molar-refractivity contribution in [2.45, 2.75) is 11.1 Å². The smallest absolute Gasteiger partial charge is 0.269 e. The molecule has 19 heavy (non-hydrogen) atoms. The zero-order chi connectivity index (χ0) is 14.0. The summed E-state index contributed by atoms with van der Waals surface area (Å²) in [6.45, 7) is 1.76. The summed E-state index contributed by atoms with van der Waals surface area (Å²) >= 11 is 1.13. The molecule has 0 spiro atoms. The van der Waals surface area contributed by atoms with Gasteiger partial charge in [-0.25, -0.2) is 13.4 Å². The van der Waals surface area contributed by atoms with E-state index in [1.54, 1.807) is 31.2 Å². The maximum Gasteiger partial charge on any atom is 0.275 e. The second-order valence-corrected chi connectivity index (χ2v) is 7.26. The van der Waals surface area contributed by atoms with Crippen LogP contribution in [0.15, 0.2) is 34.7 Å². The second kappa shape index (κ2) is 4.99. The highest BCUT2D eigenvalue weighted by molar-refractivity contribution is 7.94. The number of hydrogen-bond acceptors (Lipinski definition) is 5. The molecule has 7 heteroatoms. The van der Waals surface area contributed by atoms with Gasteiger partial charge in [0, 0.05) is 7.05 Å². The fourth-order valence-electron chi connectivity index (χ4n) is 1.48. The fourth-order valence-corrected chi connectivity index (χ4v) is 3.96. The van der Waals surface area contributed by atoms with E-state index >= 15 is 0 Å². The molecule has 5 nitrogen and oxygen atoms in total. The van der Waals surface area contributed by atoms with E-state index in [2.05, 4.69) is 4.98 Å². The van der Waals surface area contributed by atoms with Crippen molar-refractivity contribution in [3.05, 3.63) is 41.0 Å². The molecule has 0 aliphatic rings. The molecular weight excluding hydrogens is 282 g/mol. The molecule has 2 aromatic rings. The third-order valence-electron chi connectivity index (χ3n) is 2.57. The van der Waals surface area contributed by atoms with Gasteiger partial charge in [0.25, 0.3) is 10.0 Å². The van der Waals surface area contributed by atoms with Crippen LogP contribution in [0.1, 0.15) is 10.6 Å². The Bertz CT molecular complexity index is 727. The predicted octanol–water partition coefficient (Wildman–Crippen LogP) is 2.15. The van der Waals surface area contributed by atoms with Crippen LogP contribution in [0.2, 0.25) is 0 Å². The molecule has 98 valence electrons. The van der Waals surface area contributed by atoms with E-state index in [0.717, 1.165) is 11.3 Å². The molecule has 0 unspecified atom stereocenters. The van der Waals surface area contributed by atoms with Crippen LogP contribution in [0.5, 0.6) is 0 Å². The first kappa shape index (κ1) is 13.5. The summed E-state index contributed by atoms with van der Waals surface area (Å²) < 4.78 is 26.1. The topological polar surface area (TPSA) is 74.1 Å². The van der Waals surface area contributed by atoms with Crippen molar-refractivity contribution in [1.82, 2.24) is 4.98 Å². The largest absolute Gasteiger partial charge is 0.275 e. The van der Waals surface area contributed by atoms with E-state index in [9.17, 15) is 8.42 Å². The first-order valence-corrected chi connectivity index (χ1v) is 7.62. The van der Waals surface area contributed by atoms with Crippen molar-refractivity contribution in [2.75, 3.05) is 11.4 Å². The summed E-state index contributed by atoms with van der Waals surface area (Å²) in [5.41, 5.74) is 0.994. The second-order valence-electron chi connectivity index (χ2n) is 3.83. The quantitative estimate of drug-likeness (QED) is 0.869. The Morgan fingerprint density at radius 2 is 1.95 bits per heavy atom. The van der Waals surface area contributed by atoms with E-state index in [4.69, 9.17) is 5.26 Å². The number of aromatic nitrogens is 1. The maximum absolute atomic E-state index is 12.3. The minimum absolute atomic E-state index is 0.205. The van der Waals surface area contributed by atoms with Gasteiger partial charge in [0.2, 0.25) is 0 Å². The Labute approximate surface area is 115 Å². The molecule has 0 N–H and O–H groups in total. The lowest BCUT2D eigenvalue weighted by Crippen LogP contribution is -2.25. The van der Waals surface area contributed by atoms with Gasteiger partial charge < -0.3 is 0 Å². The molecule has 2 rings (SSSR count). The number of sulfonamides is 1. The number of aryl methyl sites for hydroxylation is 1. The van der Waals surface area contributed by atoms with Gasteiger partial charge in [0.15, 0.2) is 4.21 Å². The van der Waals surface area contributed by atoms with Crippen LogP contribution in [0.3, 0.4) is 0 Å². The van der Waals surface area contributed by atoms with Crippen molar-refractivity contribution in [1.29, 1.82) is 5.26 Å². The molecule has 0 radical (unpaired) electrons. The van der Waals surface area contributed by atoms with Crippen LogP contribution in [0, 0.1) is 18.3 Å². The van der Waals surface area contributed by atoms with Crippen molar-refractivity contribution in [3.63, 3.8) is 0 Å². The lowest BCUT2D eigenvalue weighted by Gasteiger charge is -2.18. The minimum atomic E-state index is -3.58. The highest BCUT2D eigenvalue weighted by atomic mass is 32.2. The van der Waals surface area contributed by atoms with Gasteiger partial charge in [-0.3, -0.25) is 4.31 Å². The Hall–Kier alpha value is -1.91. The molecule has 0 amide bonds. The molecule has 1 aromatic heterocycles. The number of nitrogens with zero attached hydrogens (tertiary/aromatic N) is 3. The van der Waals surface area contributed by atoms with E-state index in [1.807, 2.05) is 6.07 Å². The number of thiazole rings is 1. The van der Waals surface area contributed by atoms with Gasteiger partial charge >= 0.3 is 0 Å². The molecular formula is C12H11N3O2S2. The zero-order valence-corrected chi connectivity index (χ0v) is 12.0. The number of rotatable bonds is 3. The van der Waals surface area contributed by atoms with Crippen molar-refractivity contribution in [3.8, 4) is 6.07 Å². The number of benzene rings is 1. The summed E-state index contributed by atoms with van der Waals surface area (Å²) in [6.07, 6.45) is 1.36. The normalized spacial score (nSPS) is 11.0. The first-order chi connectivity index (χ1) is 8.95. The molecule has 0 atom stereocenters. The fraction of sp³-hybridized carbons (Fsp3) is 0.167. The molecule has 1 aromatic carbocycles. The number of anilines is 1. The molecule has 1 heterocycles. The number of nitriles is 1. The first-order valence-electron chi connectivity index (χ1n) is 5.36. The lowest BCUT2D eigenvalue weighted by atomic mass is 10.2. The third kappa shape index (κ3) is 2.59. The highest BCUT2D eigenvalue weighted by Crippen LogP contribution is 2.25. The standard InChI is InChI=1S/C12H11N3O2S2/c1-9-14-8-12(18-9)19(16,17)15(2)11-5-3-10(7-13)4-6-11/h3-6,8H,1-2H3. The SMILES string of the molecule is Cc1ncc(S(=O)(=O)N(C)c2ccc(C#N)cc2)s1. The molecule has 0 aliphatic heterocycles. The molecule has 0 saturated carbocycles. The Kier molecular flexibility index (Phi) is 3.55. The maximum atomic E-state index is 12.3. The van der Waals surface area contributed by atoms with Crippen LogP contribution < -0.4 is 4.31 Å². The van der Waals surface area contributed by atoms with E-state index < -0.39 is 10.0 Å². The van der Waals surface area contributed by atoms with Crippen molar-refractivity contribution < 1.29 is 8.42 Å². The van der Waals surface area contributed by atoms with E-state index in [-0.39, 0.29) is 4.21 Å². The number of hydrogen-bond donors (Lipinski definition) is 0. The van der Waals surface area contributed by atoms with E-state index in [0.29, 0.717) is 16.3 Å². The monoisotopic (exact) mass is 293 g/mol. The Balaban J connectivity index is 2.37. The molecule has 0 aliphatic carbocycles. The summed E-state index contributed by atoms with van der Waals surface area (Å²) in [6, 6.07) is 8.36. The summed E-state index contributed by atoms with van der Waals surface area (Å²) in [5, 5.41) is 9.42. The van der Waals surface area contributed by atoms with Crippen LogP contribution in [-0.4, -0.2) is 20.4 Å². The zero-order valence-electron chi connectivity index (χ0n) is 10.4. The average molecular weight is 293 g/mol. The van der Waals surface area contributed by atoms with Crippen molar-refractivity contribution >= 4 is 27.0 Å². The Morgan fingerprint density at radius 3 is 2.42 bits per heavy atom. The highest BCUT2D eigenvalue weighted by Gasteiger charge is 2.23. The van der Waals surface area contributed by atoms with E-state index in [1.165, 1.54) is 17.5 Å². The van der Waals surface area contributed by atoms with Crippen molar-refractivity contribution in [2.24, 2.45) is 0 Å². The Morgan fingerprint density at radius 1 is 1.32 bits per heavy atom. The van der Waals surface area contributed by atoms with Crippen LogP contribution in [0.4, 0.5) is 5.69 Å². The van der Waals surface area contributed by atoms with Crippen LogP contribution in [0.25, 0.3) is 0 Å². The summed E-state index contributed by atoms with van der Waals surface area (Å²) in [4.78, 5) is 3.96. The van der Waals surface area contributed by atoms with Gasteiger partial charge in [-0.2, -0.15) is 5.26 Å². The molecule has 0 fully saturated rings. The van der Waals surface area contributed by atoms with Crippen LogP contribution >= 0.6 is 11.3 Å². The predicted molar refractivity (Wildman–Crippen MR) is 73.6 cm³/mol. The van der Waals surface area contributed by atoms with Gasteiger partial charge in [-0.15, -0.1) is 11.3 Å². The minimum Gasteiger partial charge on any atom is -0.269 e. The molecule has 0 saturated heterocycles. The van der Waals surface area contributed by atoms with Gasteiger partial charge in [-0.05, 0) is 31.2 Å². The third-order valence-corrected chi connectivity index (χ3v) is 5.71. The summed E-state index contributed by atoms with van der Waals surface area (Å²) in [7, 11) is -2.11. The summed E-state index contributed by atoms with van der Waals surface area (Å²) in [5.74, 6) is 0. The van der Waals surface area contributed by atoms with Gasteiger partial charge in [0.05, 0.1) is 28.5 Å². The van der Waals surface area contributed by atoms with Gasteiger partial charge in [-0.1, -0.05) is 0 Å². The lowest BCUT2D eigenvalue weighted by molar-refractivity contribution is 0.596. The van der Waals surface area contributed by atoms with Crippen LogP contribution in [-0.2, 0) is 10.0 Å². The van der Waals surface area contributed by atoms with Gasteiger partial charge in [0.1, 0.15) is 0 Å².